The third-order valence-electron chi connectivity index (χ3n) is 1.32. The molecule has 0 atom stereocenters. The van der Waals surface area contributed by atoms with Crippen LogP contribution < -0.4 is 9.86 Å². The predicted octanol–water partition coefficient (Wildman–Crippen LogP) is -0.729. The first-order chi connectivity index (χ1) is 6.38. The van der Waals surface area contributed by atoms with Gasteiger partial charge in [-0.3, -0.25) is 0 Å². The van der Waals surface area contributed by atoms with Crippen LogP contribution >= 0.6 is 0 Å². The van der Waals surface area contributed by atoms with E-state index < -0.39 is 16.2 Å². The minimum absolute atomic E-state index is 0.174. The Balaban J connectivity index is 2.65. The van der Waals surface area contributed by atoms with Gasteiger partial charge in [0, 0.05) is 0 Å². The van der Waals surface area contributed by atoms with Crippen molar-refractivity contribution in [2.45, 2.75) is 6.54 Å². The molecule has 0 aliphatic heterocycles. The van der Waals surface area contributed by atoms with E-state index in [1.54, 1.807) is 0 Å². The van der Waals surface area contributed by atoms with Crippen LogP contribution in [0.25, 0.3) is 0 Å². The molecule has 0 fully saturated rings. The van der Waals surface area contributed by atoms with Gasteiger partial charge in [-0.1, -0.05) is 0 Å². The molecule has 0 aromatic carbocycles. The second-order valence-corrected chi connectivity index (χ2v) is 3.82. The zero-order chi connectivity index (χ0) is 10.8. The summed E-state index contributed by atoms with van der Waals surface area (Å²) in [6, 6.07) is 2.57. The van der Waals surface area contributed by atoms with E-state index in [4.69, 9.17) is 9.52 Å². The van der Waals surface area contributed by atoms with Crippen molar-refractivity contribution in [2.75, 3.05) is 0 Å². The zero-order valence-corrected chi connectivity index (χ0v) is 7.74. The van der Waals surface area contributed by atoms with Crippen molar-refractivity contribution in [1.82, 2.24) is 4.72 Å². The molecule has 1 rings (SSSR count). The Kier molecular flexibility index (Phi) is 2.89. The molecule has 0 saturated heterocycles. The molecule has 0 aliphatic rings. The first-order valence-corrected chi connectivity index (χ1v) is 5.02. The Morgan fingerprint density at radius 2 is 2.21 bits per heavy atom. The molecule has 0 aliphatic carbocycles. The highest BCUT2D eigenvalue weighted by Gasteiger charge is 2.09. The number of carboxylic acid groups (broad SMARTS) is 1. The second-order valence-electron chi connectivity index (χ2n) is 2.44. The van der Waals surface area contributed by atoms with Crippen molar-refractivity contribution in [3.63, 3.8) is 0 Å². The molecule has 0 saturated carbocycles. The molecule has 1 aromatic rings. The van der Waals surface area contributed by atoms with E-state index in [0.29, 0.717) is 0 Å². The van der Waals surface area contributed by atoms with Crippen LogP contribution in [0.2, 0.25) is 0 Å². The van der Waals surface area contributed by atoms with Crippen molar-refractivity contribution in [1.29, 1.82) is 0 Å². The topological polar surface area (TPSA) is 123 Å². The van der Waals surface area contributed by atoms with Gasteiger partial charge in [0.15, 0.2) is 0 Å². The Morgan fingerprint density at radius 3 is 2.64 bits per heavy atom. The third kappa shape index (κ3) is 3.17. The number of furan rings is 1. The molecular formula is C6H8N2O5S. The van der Waals surface area contributed by atoms with E-state index in [1.165, 1.54) is 12.1 Å². The lowest BCUT2D eigenvalue weighted by Crippen LogP contribution is -2.30. The standard InChI is InChI=1S/C6H8N2O5S/c7-14(11,12)8-3-4-1-2-5(13-4)6(9)10/h1-2,8H,3H2,(H,9,10)(H2,7,11,12). The molecule has 78 valence electrons. The lowest BCUT2D eigenvalue weighted by Gasteiger charge is -1.97. The molecule has 0 unspecified atom stereocenters. The van der Waals surface area contributed by atoms with Gasteiger partial charge in [0.1, 0.15) is 5.76 Å². The highest BCUT2D eigenvalue weighted by molar-refractivity contribution is 7.87. The van der Waals surface area contributed by atoms with Crippen LogP contribution in [0.1, 0.15) is 16.3 Å². The molecule has 0 bridgehead atoms. The van der Waals surface area contributed by atoms with Gasteiger partial charge < -0.3 is 9.52 Å². The van der Waals surface area contributed by atoms with Gasteiger partial charge in [-0.05, 0) is 12.1 Å². The van der Waals surface area contributed by atoms with Gasteiger partial charge in [-0.25, -0.2) is 9.93 Å². The molecule has 8 heteroatoms. The molecule has 0 radical (unpaired) electrons. The number of hydrogen-bond acceptors (Lipinski definition) is 4. The van der Waals surface area contributed by atoms with Gasteiger partial charge in [0.25, 0.3) is 10.2 Å². The largest absolute Gasteiger partial charge is 0.475 e. The van der Waals surface area contributed by atoms with Crippen LogP contribution in [-0.2, 0) is 16.8 Å². The van der Waals surface area contributed by atoms with Crippen molar-refractivity contribution in [3.8, 4) is 0 Å². The molecule has 14 heavy (non-hydrogen) atoms. The van der Waals surface area contributed by atoms with Crippen molar-refractivity contribution < 1.29 is 22.7 Å². The fourth-order valence-corrected chi connectivity index (χ4v) is 1.10. The fourth-order valence-electron chi connectivity index (χ4n) is 0.760. The van der Waals surface area contributed by atoms with E-state index >= 15 is 0 Å². The lowest BCUT2D eigenvalue weighted by atomic mass is 10.4. The lowest BCUT2D eigenvalue weighted by molar-refractivity contribution is 0.0660. The smallest absolute Gasteiger partial charge is 0.371 e. The number of nitrogens with two attached hydrogens (primary N) is 1. The predicted molar refractivity (Wildman–Crippen MR) is 45.6 cm³/mol. The Bertz CT molecular complexity index is 435. The van der Waals surface area contributed by atoms with Gasteiger partial charge in [0.2, 0.25) is 5.76 Å². The highest BCUT2D eigenvalue weighted by Crippen LogP contribution is 2.07. The fraction of sp³-hybridized carbons (Fsp3) is 0.167. The van der Waals surface area contributed by atoms with Gasteiger partial charge in [-0.15, -0.1) is 0 Å². The molecule has 1 heterocycles. The van der Waals surface area contributed by atoms with E-state index in [1.807, 2.05) is 4.72 Å². The number of carboxylic acids is 1. The van der Waals surface area contributed by atoms with E-state index in [9.17, 15) is 13.2 Å². The maximum absolute atomic E-state index is 10.5. The summed E-state index contributed by atoms with van der Waals surface area (Å²) < 4.78 is 27.6. The minimum Gasteiger partial charge on any atom is -0.475 e. The Hall–Kier alpha value is -1.38. The summed E-state index contributed by atoms with van der Waals surface area (Å²) in [5.74, 6) is -1.29. The van der Waals surface area contributed by atoms with Crippen molar-refractivity contribution >= 4 is 16.2 Å². The SMILES string of the molecule is NS(=O)(=O)NCc1ccc(C(=O)O)o1. The van der Waals surface area contributed by atoms with E-state index in [-0.39, 0.29) is 18.1 Å². The van der Waals surface area contributed by atoms with Crippen LogP contribution in [-0.4, -0.2) is 19.5 Å². The van der Waals surface area contributed by atoms with Crippen LogP contribution in [0.4, 0.5) is 0 Å². The molecule has 4 N–H and O–H groups in total. The average molecular weight is 220 g/mol. The maximum Gasteiger partial charge on any atom is 0.371 e. The summed E-state index contributed by atoms with van der Waals surface area (Å²) in [5, 5.41) is 13.1. The average Bonchev–Trinajstić information content (AvgIpc) is 2.47. The third-order valence-corrected chi connectivity index (χ3v) is 1.87. The monoisotopic (exact) mass is 220 g/mol. The van der Waals surface area contributed by atoms with Crippen molar-refractivity contribution in [3.05, 3.63) is 23.7 Å². The van der Waals surface area contributed by atoms with Gasteiger partial charge in [0.05, 0.1) is 6.54 Å². The second kappa shape index (κ2) is 3.78. The summed E-state index contributed by atoms with van der Waals surface area (Å²) in [4.78, 5) is 10.4. The van der Waals surface area contributed by atoms with Crippen LogP contribution in [0, 0.1) is 0 Å². The zero-order valence-electron chi connectivity index (χ0n) is 6.93. The van der Waals surface area contributed by atoms with Crippen LogP contribution in [0.3, 0.4) is 0 Å². The highest BCUT2D eigenvalue weighted by atomic mass is 32.2. The van der Waals surface area contributed by atoms with Gasteiger partial charge in [-0.2, -0.15) is 13.1 Å². The maximum atomic E-state index is 10.5. The summed E-state index contributed by atoms with van der Waals surface area (Å²) in [6.07, 6.45) is 0. The first kappa shape index (κ1) is 10.7. The van der Waals surface area contributed by atoms with E-state index in [2.05, 4.69) is 5.14 Å². The van der Waals surface area contributed by atoms with Crippen molar-refractivity contribution in [2.24, 2.45) is 5.14 Å². The number of aromatic carboxylic acids is 1. The quantitative estimate of drug-likeness (QED) is 0.617. The number of rotatable bonds is 4. The number of carbonyl (C=O) groups is 1. The normalized spacial score (nSPS) is 11.5. The Morgan fingerprint density at radius 1 is 1.57 bits per heavy atom. The van der Waals surface area contributed by atoms with Crippen LogP contribution in [0.15, 0.2) is 16.5 Å². The first-order valence-electron chi connectivity index (χ1n) is 3.48. The minimum atomic E-state index is -3.79. The number of hydrogen-bond donors (Lipinski definition) is 3. The van der Waals surface area contributed by atoms with Gasteiger partial charge >= 0.3 is 5.97 Å². The summed E-state index contributed by atoms with van der Waals surface area (Å²) in [6.45, 7) is -0.174. The molecule has 1 aromatic heterocycles. The molecule has 7 nitrogen and oxygen atoms in total. The Labute approximate surface area is 79.7 Å². The van der Waals surface area contributed by atoms with Crippen LogP contribution in [0.5, 0.6) is 0 Å². The molecular weight excluding hydrogens is 212 g/mol. The summed E-state index contributed by atoms with van der Waals surface area (Å²) >= 11 is 0. The summed E-state index contributed by atoms with van der Waals surface area (Å²) in [7, 11) is -3.79. The molecule has 0 spiro atoms. The van der Waals surface area contributed by atoms with E-state index in [0.717, 1.165) is 0 Å². The summed E-state index contributed by atoms with van der Waals surface area (Å²) in [5.41, 5.74) is 0. The number of nitrogens with one attached hydrogen (secondary N) is 1. The molecule has 0 amide bonds.